The van der Waals surface area contributed by atoms with E-state index in [0.29, 0.717) is 42.2 Å². The lowest BCUT2D eigenvalue weighted by atomic mass is 9.45. The molecular weight excluding hydrogens is 735 g/mol. The minimum absolute atomic E-state index is 0.0220. The van der Waals surface area contributed by atoms with E-state index in [9.17, 15) is 24.9 Å². The maximum atomic E-state index is 14.3. The van der Waals surface area contributed by atoms with Gasteiger partial charge in [-0.2, -0.15) is 5.06 Å². The van der Waals surface area contributed by atoms with Crippen molar-refractivity contribution < 1.29 is 34.5 Å². The van der Waals surface area contributed by atoms with Crippen molar-refractivity contribution in [2.75, 3.05) is 59.5 Å². The summed E-state index contributed by atoms with van der Waals surface area (Å²) in [5.41, 5.74) is 4.93. The van der Waals surface area contributed by atoms with Crippen LogP contribution in [0.3, 0.4) is 0 Å². The number of rotatable bonds is 17. The third kappa shape index (κ3) is 9.32. The van der Waals surface area contributed by atoms with Gasteiger partial charge < -0.3 is 40.5 Å². The molecule has 2 aromatic carbocycles. The van der Waals surface area contributed by atoms with E-state index < -0.39 is 24.2 Å². The minimum Gasteiger partial charge on any atom is -0.496 e. The molecule has 0 unspecified atom stereocenters. The number of carbonyl (C=O) groups excluding carboxylic acids is 2. The number of nitrogens with zero attached hydrogens (tertiary/aromatic N) is 3. The van der Waals surface area contributed by atoms with Gasteiger partial charge in [0.05, 0.1) is 33.0 Å². The van der Waals surface area contributed by atoms with Crippen LogP contribution in [-0.4, -0.2) is 122 Å². The van der Waals surface area contributed by atoms with E-state index in [1.54, 1.807) is 19.1 Å². The molecule has 12 nitrogen and oxygen atoms in total. The summed E-state index contributed by atoms with van der Waals surface area (Å²) in [5.74, 6) is 0.891. The lowest BCUT2D eigenvalue weighted by Crippen LogP contribution is -2.62. The zero-order valence-corrected chi connectivity index (χ0v) is 35.8. The predicted octanol–water partition coefficient (Wildman–Crippen LogP) is 4.78. The molecule has 1 aliphatic heterocycles. The van der Waals surface area contributed by atoms with Gasteiger partial charge in [-0.1, -0.05) is 62.8 Å². The van der Waals surface area contributed by atoms with Crippen LogP contribution in [0.15, 0.2) is 60.2 Å². The maximum absolute atomic E-state index is 14.3. The van der Waals surface area contributed by atoms with Gasteiger partial charge in [0, 0.05) is 60.5 Å². The van der Waals surface area contributed by atoms with Crippen molar-refractivity contribution in [3.05, 3.63) is 71.3 Å². The highest BCUT2D eigenvalue weighted by Crippen LogP contribution is 2.61. The van der Waals surface area contributed by atoms with Crippen LogP contribution >= 0.6 is 0 Å². The predicted molar refractivity (Wildman–Crippen MR) is 227 cm³/mol. The zero-order valence-electron chi connectivity index (χ0n) is 35.8. The van der Waals surface area contributed by atoms with Gasteiger partial charge in [-0.05, 0) is 100 Å². The number of para-hydroxylation sites is 1. The Bertz CT molecular complexity index is 1830. The Morgan fingerprint density at radius 1 is 1.10 bits per heavy atom. The second kappa shape index (κ2) is 18.6. The number of amides is 2. The monoisotopic (exact) mass is 802 g/mol. The summed E-state index contributed by atoms with van der Waals surface area (Å²) in [4.78, 5) is 38.8. The van der Waals surface area contributed by atoms with E-state index in [4.69, 9.17) is 9.57 Å². The van der Waals surface area contributed by atoms with Crippen LogP contribution in [0.4, 0.5) is 5.69 Å². The fourth-order valence-electron chi connectivity index (χ4n) is 10.2. The first-order chi connectivity index (χ1) is 27.7. The Balaban J connectivity index is 1.30. The van der Waals surface area contributed by atoms with Crippen molar-refractivity contribution in [1.82, 2.24) is 20.6 Å². The number of anilines is 1. The molecule has 7 rings (SSSR count). The molecule has 58 heavy (non-hydrogen) atoms. The van der Waals surface area contributed by atoms with Gasteiger partial charge in [0.1, 0.15) is 17.9 Å². The molecule has 0 radical (unpaired) electrons. The van der Waals surface area contributed by atoms with Crippen molar-refractivity contribution in [1.29, 1.82) is 0 Å². The fourth-order valence-corrected chi connectivity index (χ4v) is 10.2. The van der Waals surface area contributed by atoms with Crippen LogP contribution in [0.25, 0.3) is 11.1 Å². The van der Waals surface area contributed by atoms with Crippen molar-refractivity contribution in [2.45, 2.75) is 96.7 Å². The Morgan fingerprint density at radius 2 is 1.88 bits per heavy atom. The summed E-state index contributed by atoms with van der Waals surface area (Å²) in [6.07, 6.45) is 9.74. The summed E-state index contributed by atoms with van der Waals surface area (Å²) < 4.78 is 6.12. The number of hydroxylamine groups is 2. The number of aliphatic hydroxyl groups is 3. The molecular formula is C46H67N5O7. The smallest absolute Gasteiger partial charge is 0.251 e. The molecule has 3 saturated carbocycles. The normalized spacial score (nSPS) is 27.4. The van der Waals surface area contributed by atoms with E-state index in [1.807, 2.05) is 62.4 Å². The number of allylic oxidation sites excluding steroid dienone is 3. The van der Waals surface area contributed by atoms with Gasteiger partial charge in [0.25, 0.3) is 5.91 Å². The highest BCUT2D eigenvalue weighted by molar-refractivity contribution is 5.97. The first-order valence-corrected chi connectivity index (χ1v) is 21.1. The number of carbonyl (C=O) groups is 2. The van der Waals surface area contributed by atoms with Crippen molar-refractivity contribution >= 4 is 17.5 Å². The molecule has 1 heterocycles. The number of methoxy groups -OCH3 is 1. The molecule has 2 amide bonds. The fraction of sp³-hybridized carbons (Fsp3) is 0.609. The molecule has 4 aliphatic carbocycles. The third-order valence-corrected chi connectivity index (χ3v) is 13.5. The average Bonchev–Trinajstić information content (AvgIpc) is 3.57. The topological polar surface area (TPSA) is 147 Å². The first-order valence-electron chi connectivity index (χ1n) is 21.1. The first kappa shape index (κ1) is 43.8. The maximum Gasteiger partial charge on any atom is 0.251 e. The number of aliphatic hydroxyl groups excluding tert-OH is 3. The molecule has 4 fully saturated rings. The van der Waals surface area contributed by atoms with Gasteiger partial charge in [0.2, 0.25) is 5.91 Å². The molecule has 2 bridgehead atoms. The zero-order chi connectivity index (χ0) is 41.9. The van der Waals surface area contributed by atoms with E-state index in [2.05, 4.69) is 54.5 Å². The van der Waals surface area contributed by atoms with E-state index in [0.717, 1.165) is 48.1 Å². The minimum atomic E-state index is -0.918. The third-order valence-electron chi connectivity index (χ3n) is 13.5. The van der Waals surface area contributed by atoms with Crippen molar-refractivity contribution in [3.63, 3.8) is 0 Å². The molecule has 5 N–H and O–H groups in total. The number of ether oxygens (including phenoxy) is 1. The average molecular weight is 802 g/mol. The molecule has 0 spiro atoms. The molecule has 0 aromatic heterocycles. The van der Waals surface area contributed by atoms with Crippen molar-refractivity contribution in [3.8, 4) is 16.9 Å². The molecule has 12 heteroatoms. The Labute approximate surface area is 345 Å². The number of nitrogens with one attached hydrogen (secondary N) is 2. The summed E-state index contributed by atoms with van der Waals surface area (Å²) in [7, 11) is 7.48. The largest absolute Gasteiger partial charge is 0.496 e. The summed E-state index contributed by atoms with van der Waals surface area (Å²) in [6, 6.07) is 10.5. The van der Waals surface area contributed by atoms with Gasteiger partial charge in [0.15, 0.2) is 0 Å². The lowest BCUT2D eigenvalue weighted by Gasteiger charge is -2.62. The summed E-state index contributed by atoms with van der Waals surface area (Å²) in [5, 5.41) is 39.5. The highest BCUT2D eigenvalue weighted by Gasteiger charge is 2.57. The van der Waals surface area contributed by atoms with Gasteiger partial charge in [-0.3, -0.25) is 14.4 Å². The van der Waals surface area contributed by atoms with Crippen molar-refractivity contribution in [2.24, 2.45) is 29.1 Å². The number of fused-ring (bicyclic) bond motifs is 2. The Morgan fingerprint density at radius 3 is 2.50 bits per heavy atom. The number of benzene rings is 2. The quantitative estimate of drug-likeness (QED) is 0.152. The SMILES string of the molecule is COc1c(CN2O[C@@H](CO)[C@@H]([C@H](C)O)[C@H]2C(=O)N[C@H]2C[C@@H]3C[C@H]([C@@H]2C)C3(C)C)cccc1-c1cc(C(=O)N[C@@H](CC2=CCCC=C2)CN(C)C)cc(N(C)CCO)c1. The Kier molecular flexibility index (Phi) is 14.1. The molecule has 1 saturated heterocycles. The van der Waals surface area contributed by atoms with E-state index in [1.165, 1.54) is 12.0 Å². The summed E-state index contributed by atoms with van der Waals surface area (Å²) >= 11 is 0. The van der Waals surface area contributed by atoms with Gasteiger partial charge >= 0.3 is 0 Å². The second-order valence-corrected chi connectivity index (χ2v) is 18.0. The molecule has 318 valence electrons. The van der Waals surface area contributed by atoms with Crippen LogP contribution in [0.1, 0.15) is 75.7 Å². The summed E-state index contributed by atoms with van der Waals surface area (Å²) in [6.45, 7) is 9.32. The van der Waals surface area contributed by atoms with Gasteiger partial charge in [-0.25, -0.2) is 0 Å². The molecule has 5 aliphatic rings. The standard InChI is InChI=1S/C46H67N5O7/c1-28-38-23-34(46(38,3)4)24-39(28)48-45(56)42-41(29(2)54)40(27-53)58-51(42)25-31-15-12-16-37(43(31)57-8)32-20-33(22-36(21-32)50(7)17-18-52)44(55)47-35(26-49(5)6)19-30-13-10-9-11-14-30/h10,12-16,20-22,28-29,34-35,38-42,52-54H,9,11,17-19,23-27H2,1-8H3,(H,47,55)(H,48,56)/t28-,29-,34-,35-,38+,39-,40-,41+,42-/m0/s1. The van der Waals surface area contributed by atoms with Crippen LogP contribution in [0, 0.1) is 29.1 Å². The van der Waals surface area contributed by atoms with Crippen LogP contribution in [0.2, 0.25) is 0 Å². The van der Waals surface area contributed by atoms with Crippen LogP contribution in [-0.2, 0) is 16.2 Å². The highest BCUT2D eigenvalue weighted by atomic mass is 16.7. The number of hydrogen-bond acceptors (Lipinski definition) is 10. The van der Waals surface area contributed by atoms with E-state index in [-0.39, 0.29) is 49.1 Å². The molecule has 9 atom stereocenters. The van der Waals surface area contributed by atoms with Crippen LogP contribution in [0.5, 0.6) is 5.75 Å². The second-order valence-electron chi connectivity index (χ2n) is 18.0. The van der Waals surface area contributed by atoms with E-state index >= 15 is 0 Å². The molecule has 2 aromatic rings. The van der Waals surface area contributed by atoms with Gasteiger partial charge in [-0.15, -0.1) is 0 Å². The van der Waals surface area contributed by atoms with Crippen LogP contribution < -0.4 is 20.3 Å². The number of likely N-dealkylation sites (N-methyl/N-ethyl adjacent to an activating group) is 2. The Hall–Kier alpha value is -3.78. The lowest BCUT2D eigenvalue weighted by molar-refractivity contribution is -0.183. The number of hydrogen-bond donors (Lipinski definition) is 5.